The summed E-state index contributed by atoms with van der Waals surface area (Å²) in [5, 5.41) is 8.96. The lowest BCUT2D eigenvalue weighted by Crippen LogP contribution is -2.40. The molecule has 1 rings (SSSR count). The third kappa shape index (κ3) is 4.80. The van der Waals surface area contributed by atoms with Gasteiger partial charge >= 0.3 is 5.97 Å². The minimum atomic E-state index is -4.01. The minimum Gasteiger partial charge on any atom is -0.480 e. The summed E-state index contributed by atoms with van der Waals surface area (Å²) < 4.78 is 48.8. The summed E-state index contributed by atoms with van der Waals surface area (Å²) in [5.74, 6) is -1.26. The van der Waals surface area contributed by atoms with Gasteiger partial charge in [-0.1, -0.05) is 13.3 Å². The second-order valence-electron chi connectivity index (χ2n) is 4.54. The Morgan fingerprint density at radius 2 is 1.62 bits per heavy atom. The normalized spacial score (nSPS) is 13.8. The predicted octanol–water partition coefficient (Wildman–Crippen LogP) is 0.622. The second-order valence-corrected chi connectivity index (χ2v) is 8.27. The van der Waals surface area contributed by atoms with Crippen LogP contribution in [0.15, 0.2) is 34.1 Å². The van der Waals surface area contributed by atoms with Gasteiger partial charge < -0.3 is 5.11 Å². The molecule has 0 radical (unpaired) electrons. The molecule has 118 valence electrons. The third-order valence-corrected chi connectivity index (χ3v) is 5.35. The first-order valence-corrected chi connectivity index (χ1v) is 9.50. The fourth-order valence-electron chi connectivity index (χ4n) is 1.64. The van der Waals surface area contributed by atoms with Gasteiger partial charge in [-0.3, -0.25) is 4.79 Å². The smallest absolute Gasteiger partial charge is 0.321 e. The van der Waals surface area contributed by atoms with E-state index < -0.39 is 31.9 Å². The van der Waals surface area contributed by atoms with Crippen molar-refractivity contribution in [1.82, 2.24) is 4.72 Å². The quantitative estimate of drug-likeness (QED) is 0.754. The number of carboxylic acids is 1. The molecule has 0 aliphatic heterocycles. The minimum absolute atomic E-state index is 0.00945. The highest BCUT2D eigenvalue weighted by atomic mass is 32.2. The number of nitrogens with one attached hydrogen (secondary N) is 1. The fourth-order valence-corrected chi connectivity index (χ4v) is 3.50. The number of benzene rings is 1. The number of sulfonamides is 1. The molecule has 1 aromatic carbocycles. The second kappa shape index (κ2) is 6.54. The monoisotopic (exact) mass is 335 g/mol. The van der Waals surface area contributed by atoms with E-state index in [1.807, 2.05) is 0 Å². The Morgan fingerprint density at radius 1 is 1.14 bits per heavy atom. The molecule has 0 unspecified atom stereocenters. The van der Waals surface area contributed by atoms with Crippen LogP contribution in [0.2, 0.25) is 0 Å². The number of carbonyl (C=O) groups is 1. The number of aliphatic carboxylic acids is 1. The summed E-state index contributed by atoms with van der Waals surface area (Å²) in [4.78, 5) is 10.8. The van der Waals surface area contributed by atoms with Crippen LogP contribution < -0.4 is 4.72 Å². The van der Waals surface area contributed by atoms with Crippen molar-refractivity contribution in [2.75, 3.05) is 6.26 Å². The zero-order valence-corrected chi connectivity index (χ0v) is 13.2. The molecule has 0 aliphatic rings. The first-order valence-electron chi connectivity index (χ1n) is 6.13. The Kier molecular flexibility index (Phi) is 5.48. The van der Waals surface area contributed by atoms with E-state index in [1.165, 1.54) is 12.1 Å². The van der Waals surface area contributed by atoms with Crippen LogP contribution in [-0.2, 0) is 24.7 Å². The number of hydrogen-bond acceptors (Lipinski definition) is 5. The zero-order chi connectivity index (χ0) is 16.3. The van der Waals surface area contributed by atoms with Crippen LogP contribution in [0.4, 0.5) is 0 Å². The van der Waals surface area contributed by atoms with E-state index >= 15 is 0 Å². The molecule has 7 nitrogen and oxygen atoms in total. The standard InChI is InChI=1S/C12H17NO6S2/c1-3-4-11(12(14)15)13-21(18,19)10-7-5-9(6-8-10)20(2,16)17/h5-8,11,13H,3-4H2,1-2H3,(H,14,15)/t11-/m0/s1. The first-order chi connectivity index (χ1) is 9.58. The van der Waals surface area contributed by atoms with Crippen molar-refractivity contribution in [3.05, 3.63) is 24.3 Å². The Hall–Kier alpha value is -1.45. The van der Waals surface area contributed by atoms with Crippen molar-refractivity contribution in [3.63, 3.8) is 0 Å². The van der Waals surface area contributed by atoms with Crippen LogP contribution in [0.5, 0.6) is 0 Å². The van der Waals surface area contributed by atoms with Crippen LogP contribution in [0.25, 0.3) is 0 Å². The van der Waals surface area contributed by atoms with Gasteiger partial charge in [0.15, 0.2) is 9.84 Å². The van der Waals surface area contributed by atoms with E-state index in [0.29, 0.717) is 6.42 Å². The Bertz CT molecular complexity index is 707. The van der Waals surface area contributed by atoms with E-state index in [1.54, 1.807) is 6.92 Å². The maximum Gasteiger partial charge on any atom is 0.321 e. The van der Waals surface area contributed by atoms with Gasteiger partial charge in [-0.05, 0) is 30.7 Å². The van der Waals surface area contributed by atoms with Crippen molar-refractivity contribution >= 4 is 25.8 Å². The maximum atomic E-state index is 12.1. The third-order valence-electron chi connectivity index (χ3n) is 2.74. The molecule has 1 aromatic rings. The van der Waals surface area contributed by atoms with Crippen LogP contribution in [-0.4, -0.2) is 40.2 Å². The van der Waals surface area contributed by atoms with Gasteiger partial charge in [0.1, 0.15) is 6.04 Å². The largest absolute Gasteiger partial charge is 0.480 e. The van der Waals surface area contributed by atoms with Crippen LogP contribution in [0.3, 0.4) is 0 Å². The number of sulfone groups is 1. The lowest BCUT2D eigenvalue weighted by atomic mass is 10.2. The van der Waals surface area contributed by atoms with Crippen molar-refractivity contribution in [2.24, 2.45) is 0 Å². The molecule has 21 heavy (non-hydrogen) atoms. The molecule has 0 fully saturated rings. The molecule has 0 amide bonds. The molecule has 1 atom stereocenters. The SMILES string of the molecule is CCC[C@H](NS(=O)(=O)c1ccc(S(C)(=O)=O)cc1)C(=O)O. The maximum absolute atomic E-state index is 12.1. The van der Waals surface area contributed by atoms with Gasteiger partial charge in [-0.15, -0.1) is 0 Å². The average Bonchev–Trinajstić information content (AvgIpc) is 2.37. The lowest BCUT2D eigenvalue weighted by Gasteiger charge is -2.14. The summed E-state index contributed by atoms with van der Waals surface area (Å²) in [6.07, 6.45) is 1.68. The van der Waals surface area contributed by atoms with Gasteiger partial charge in [-0.2, -0.15) is 4.72 Å². The van der Waals surface area contributed by atoms with Crippen molar-refractivity contribution in [1.29, 1.82) is 0 Å². The zero-order valence-electron chi connectivity index (χ0n) is 11.6. The van der Waals surface area contributed by atoms with Gasteiger partial charge in [0.25, 0.3) is 0 Å². The van der Waals surface area contributed by atoms with Crippen molar-refractivity contribution in [2.45, 2.75) is 35.6 Å². The first kappa shape index (κ1) is 17.6. The number of carboxylic acid groups (broad SMARTS) is 1. The molecule has 9 heteroatoms. The van der Waals surface area contributed by atoms with E-state index in [-0.39, 0.29) is 16.2 Å². The topological polar surface area (TPSA) is 118 Å². The van der Waals surface area contributed by atoms with E-state index in [0.717, 1.165) is 18.4 Å². The van der Waals surface area contributed by atoms with Crippen molar-refractivity contribution < 1.29 is 26.7 Å². The van der Waals surface area contributed by atoms with E-state index in [2.05, 4.69) is 4.72 Å². The Morgan fingerprint density at radius 3 is 2.00 bits per heavy atom. The highest BCUT2D eigenvalue weighted by Gasteiger charge is 2.24. The summed E-state index contributed by atoms with van der Waals surface area (Å²) in [6.45, 7) is 1.74. The molecule has 0 aromatic heterocycles. The van der Waals surface area contributed by atoms with Crippen molar-refractivity contribution in [3.8, 4) is 0 Å². The summed E-state index contributed by atoms with van der Waals surface area (Å²) >= 11 is 0. The van der Waals surface area contributed by atoms with Gasteiger partial charge in [0.2, 0.25) is 10.0 Å². The van der Waals surface area contributed by atoms with Gasteiger partial charge in [-0.25, -0.2) is 16.8 Å². The summed E-state index contributed by atoms with van der Waals surface area (Å²) in [7, 11) is -7.43. The molecular formula is C12H17NO6S2. The van der Waals surface area contributed by atoms with E-state index in [9.17, 15) is 21.6 Å². The summed E-state index contributed by atoms with van der Waals surface area (Å²) in [5.41, 5.74) is 0. The average molecular weight is 335 g/mol. The molecule has 2 N–H and O–H groups in total. The Balaban J connectivity index is 3.05. The van der Waals surface area contributed by atoms with Gasteiger partial charge in [0, 0.05) is 6.26 Å². The number of rotatable bonds is 7. The number of hydrogen-bond donors (Lipinski definition) is 2. The molecular weight excluding hydrogens is 318 g/mol. The molecule has 0 saturated carbocycles. The highest BCUT2D eigenvalue weighted by Crippen LogP contribution is 2.15. The molecule has 0 spiro atoms. The van der Waals surface area contributed by atoms with Crippen LogP contribution in [0.1, 0.15) is 19.8 Å². The van der Waals surface area contributed by atoms with Crippen LogP contribution in [0, 0.1) is 0 Å². The Labute approximate surface area is 124 Å². The van der Waals surface area contributed by atoms with Crippen LogP contribution >= 0.6 is 0 Å². The molecule has 0 saturated heterocycles. The molecule has 0 aliphatic carbocycles. The molecule has 0 heterocycles. The lowest BCUT2D eigenvalue weighted by molar-refractivity contribution is -0.139. The highest BCUT2D eigenvalue weighted by molar-refractivity contribution is 7.90. The van der Waals surface area contributed by atoms with E-state index in [4.69, 9.17) is 5.11 Å². The summed E-state index contributed by atoms with van der Waals surface area (Å²) in [6, 6.07) is 3.38. The molecule has 0 bridgehead atoms. The van der Waals surface area contributed by atoms with Gasteiger partial charge in [0.05, 0.1) is 9.79 Å². The predicted molar refractivity (Wildman–Crippen MR) is 76.2 cm³/mol. The fraction of sp³-hybridized carbons (Fsp3) is 0.417.